The molecule has 0 saturated heterocycles. The molecule has 0 saturated carbocycles. The van der Waals surface area contributed by atoms with E-state index in [9.17, 15) is 4.79 Å². The van der Waals surface area contributed by atoms with Crippen molar-refractivity contribution in [3.63, 3.8) is 0 Å². The van der Waals surface area contributed by atoms with Crippen LogP contribution in [0.1, 0.15) is 30.1 Å². The molecule has 0 spiro atoms. The van der Waals surface area contributed by atoms with Crippen molar-refractivity contribution in [2.75, 3.05) is 0 Å². The Morgan fingerprint density at radius 3 is 2.75 bits per heavy atom. The zero-order chi connectivity index (χ0) is 11.9. The predicted octanol–water partition coefficient (Wildman–Crippen LogP) is 2.14. The highest BCUT2D eigenvalue weighted by Crippen LogP contribution is 2.21. The van der Waals surface area contributed by atoms with Crippen LogP contribution in [0.4, 0.5) is 0 Å². The van der Waals surface area contributed by atoms with Crippen molar-refractivity contribution in [2.45, 2.75) is 26.7 Å². The number of hydrogen-bond donors (Lipinski definition) is 1. The number of imidazole rings is 1. The second kappa shape index (κ2) is 3.63. The van der Waals surface area contributed by atoms with Gasteiger partial charge in [0, 0.05) is 5.69 Å². The molecule has 2 aromatic rings. The molecular weight excluding hydrogens is 204 g/mol. The van der Waals surface area contributed by atoms with Gasteiger partial charge in [-0.15, -0.1) is 0 Å². The molecule has 0 aliphatic rings. The van der Waals surface area contributed by atoms with E-state index in [2.05, 4.69) is 4.98 Å². The summed E-state index contributed by atoms with van der Waals surface area (Å²) in [4.78, 5) is 15.4. The van der Waals surface area contributed by atoms with Crippen LogP contribution in [-0.2, 0) is 4.79 Å². The molecule has 4 heteroatoms. The minimum Gasteiger partial charge on any atom is -0.481 e. The van der Waals surface area contributed by atoms with Crippen molar-refractivity contribution in [1.29, 1.82) is 0 Å². The lowest BCUT2D eigenvalue weighted by Crippen LogP contribution is -2.12. The number of aryl methyl sites for hydroxylation is 2. The van der Waals surface area contributed by atoms with E-state index < -0.39 is 11.9 Å². The van der Waals surface area contributed by atoms with Crippen molar-refractivity contribution >= 4 is 11.5 Å². The molecule has 0 bridgehead atoms. The summed E-state index contributed by atoms with van der Waals surface area (Å²) in [5, 5.41) is 9.06. The van der Waals surface area contributed by atoms with Crippen LogP contribution < -0.4 is 0 Å². The highest BCUT2D eigenvalue weighted by Gasteiger charge is 2.18. The molecular formula is C12H14N2O2. The molecule has 16 heavy (non-hydrogen) atoms. The van der Waals surface area contributed by atoms with E-state index in [1.807, 2.05) is 36.4 Å². The first-order valence-corrected chi connectivity index (χ1v) is 5.19. The molecule has 84 valence electrons. The minimum absolute atomic E-state index is 0.531. The van der Waals surface area contributed by atoms with Crippen molar-refractivity contribution in [1.82, 2.24) is 9.38 Å². The summed E-state index contributed by atoms with van der Waals surface area (Å²) in [6.07, 6.45) is 0. The van der Waals surface area contributed by atoms with Crippen LogP contribution in [0, 0.1) is 13.8 Å². The normalized spacial score (nSPS) is 12.9. The van der Waals surface area contributed by atoms with Crippen LogP contribution in [0.15, 0.2) is 18.2 Å². The minimum atomic E-state index is -0.821. The molecule has 0 aromatic carbocycles. The van der Waals surface area contributed by atoms with Crippen LogP contribution >= 0.6 is 0 Å². The standard InChI is InChI=1S/C12H14N2O2/c1-7(12(15)16)10-5-4-6-11-8(2)13-9(3)14(10)11/h4-7H,1-3H3,(H,15,16). The fourth-order valence-electron chi connectivity index (χ4n) is 1.98. The van der Waals surface area contributed by atoms with Gasteiger partial charge in [-0.2, -0.15) is 0 Å². The monoisotopic (exact) mass is 218 g/mol. The molecule has 1 atom stereocenters. The molecule has 0 aliphatic carbocycles. The number of carboxylic acid groups (broad SMARTS) is 1. The Balaban J connectivity index is 2.75. The number of aromatic nitrogens is 2. The first kappa shape index (κ1) is 10.7. The van der Waals surface area contributed by atoms with Gasteiger partial charge >= 0.3 is 5.97 Å². The third kappa shape index (κ3) is 1.46. The molecule has 0 aliphatic heterocycles. The van der Waals surface area contributed by atoms with Crippen molar-refractivity contribution in [3.8, 4) is 0 Å². The topological polar surface area (TPSA) is 54.6 Å². The summed E-state index contributed by atoms with van der Waals surface area (Å²) < 4.78 is 1.91. The van der Waals surface area contributed by atoms with Crippen molar-refractivity contribution < 1.29 is 9.90 Å². The Labute approximate surface area is 93.5 Å². The van der Waals surface area contributed by atoms with E-state index in [-0.39, 0.29) is 0 Å². The van der Waals surface area contributed by atoms with E-state index in [4.69, 9.17) is 5.11 Å². The maximum Gasteiger partial charge on any atom is 0.312 e. The first-order valence-electron chi connectivity index (χ1n) is 5.19. The second-order valence-corrected chi connectivity index (χ2v) is 3.98. The number of fused-ring (bicyclic) bond motifs is 1. The average Bonchev–Trinajstić information content (AvgIpc) is 2.54. The van der Waals surface area contributed by atoms with Gasteiger partial charge < -0.3 is 5.11 Å². The number of carboxylic acids is 1. The molecule has 2 rings (SSSR count). The predicted molar refractivity (Wildman–Crippen MR) is 60.7 cm³/mol. The Morgan fingerprint density at radius 1 is 1.44 bits per heavy atom. The molecule has 0 radical (unpaired) electrons. The SMILES string of the molecule is Cc1nc(C)n2c(C(C)C(=O)O)cccc12. The number of carbonyl (C=O) groups is 1. The maximum absolute atomic E-state index is 11.0. The van der Waals surface area contributed by atoms with E-state index in [1.54, 1.807) is 6.92 Å². The highest BCUT2D eigenvalue weighted by atomic mass is 16.4. The van der Waals surface area contributed by atoms with E-state index in [1.165, 1.54) is 0 Å². The first-order chi connectivity index (χ1) is 7.52. The zero-order valence-electron chi connectivity index (χ0n) is 9.56. The number of pyridine rings is 1. The third-order valence-corrected chi connectivity index (χ3v) is 2.86. The summed E-state index contributed by atoms with van der Waals surface area (Å²) in [6.45, 7) is 5.50. The Hall–Kier alpha value is -1.84. The summed E-state index contributed by atoms with van der Waals surface area (Å²) in [6, 6.07) is 5.66. The van der Waals surface area contributed by atoms with Gasteiger partial charge in [-0.1, -0.05) is 6.07 Å². The number of nitrogens with zero attached hydrogens (tertiary/aromatic N) is 2. The molecule has 2 aromatic heterocycles. The van der Waals surface area contributed by atoms with Crippen LogP contribution in [0.2, 0.25) is 0 Å². The molecule has 4 nitrogen and oxygen atoms in total. The van der Waals surface area contributed by atoms with Gasteiger partial charge in [0.2, 0.25) is 0 Å². The van der Waals surface area contributed by atoms with Crippen LogP contribution in [0.5, 0.6) is 0 Å². The molecule has 1 N–H and O–H groups in total. The fourth-order valence-corrected chi connectivity index (χ4v) is 1.98. The zero-order valence-corrected chi connectivity index (χ0v) is 9.56. The largest absolute Gasteiger partial charge is 0.481 e. The van der Waals surface area contributed by atoms with E-state index in [0.717, 1.165) is 22.7 Å². The van der Waals surface area contributed by atoms with E-state index >= 15 is 0 Å². The molecule has 2 heterocycles. The lowest BCUT2D eigenvalue weighted by atomic mass is 10.1. The van der Waals surface area contributed by atoms with Gasteiger partial charge in [-0.25, -0.2) is 4.98 Å². The molecule has 0 amide bonds. The average molecular weight is 218 g/mol. The van der Waals surface area contributed by atoms with Crippen molar-refractivity contribution in [2.24, 2.45) is 0 Å². The summed E-state index contributed by atoms with van der Waals surface area (Å²) in [5.41, 5.74) is 2.67. The van der Waals surface area contributed by atoms with Crippen LogP contribution in [0.3, 0.4) is 0 Å². The van der Waals surface area contributed by atoms with Gasteiger partial charge in [-0.05, 0) is 32.9 Å². The van der Waals surface area contributed by atoms with Gasteiger partial charge in [-0.3, -0.25) is 9.20 Å². The lowest BCUT2D eigenvalue weighted by molar-refractivity contribution is -0.138. The Bertz CT molecular complexity index is 557. The maximum atomic E-state index is 11.0. The quantitative estimate of drug-likeness (QED) is 0.840. The van der Waals surface area contributed by atoms with Gasteiger partial charge in [0.05, 0.1) is 17.1 Å². The van der Waals surface area contributed by atoms with Gasteiger partial charge in [0.25, 0.3) is 0 Å². The Morgan fingerprint density at radius 2 is 2.12 bits per heavy atom. The molecule has 0 fully saturated rings. The summed E-state index contributed by atoms with van der Waals surface area (Å²) in [7, 11) is 0. The summed E-state index contributed by atoms with van der Waals surface area (Å²) in [5.74, 6) is -0.523. The number of rotatable bonds is 2. The van der Waals surface area contributed by atoms with Gasteiger partial charge in [0.15, 0.2) is 0 Å². The third-order valence-electron chi connectivity index (χ3n) is 2.86. The molecule has 1 unspecified atom stereocenters. The second-order valence-electron chi connectivity index (χ2n) is 3.98. The highest BCUT2D eigenvalue weighted by molar-refractivity contribution is 5.75. The van der Waals surface area contributed by atoms with Crippen molar-refractivity contribution in [3.05, 3.63) is 35.4 Å². The van der Waals surface area contributed by atoms with Crippen LogP contribution in [0.25, 0.3) is 5.52 Å². The van der Waals surface area contributed by atoms with Gasteiger partial charge in [0.1, 0.15) is 5.82 Å². The van der Waals surface area contributed by atoms with E-state index in [0.29, 0.717) is 0 Å². The van der Waals surface area contributed by atoms with Crippen LogP contribution in [-0.4, -0.2) is 20.5 Å². The number of hydrogen-bond acceptors (Lipinski definition) is 2. The fraction of sp³-hybridized carbons (Fsp3) is 0.333. The lowest BCUT2D eigenvalue weighted by Gasteiger charge is -2.10. The Kier molecular flexibility index (Phi) is 2.42. The number of aliphatic carboxylic acids is 1. The smallest absolute Gasteiger partial charge is 0.312 e. The summed E-state index contributed by atoms with van der Waals surface area (Å²) >= 11 is 0.